The van der Waals surface area contributed by atoms with Crippen LogP contribution in [0.2, 0.25) is 0 Å². The van der Waals surface area contributed by atoms with Gasteiger partial charge in [-0.05, 0) is 122 Å². The van der Waals surface area contributed by atoms with Gasteiger partial charge in [0.15, 0.2) is 0 Å². The normalized spacial score (nSPS) is 11.6. The molecule has 13 rings (SSSR count). The van der Waals surface area contributed by atoms with Crippen LogP contribution < -0.4 is 4.90 Å². The van der Waals surface area contributed by atoms with Crippen molar-refractivity contribution in [2.45, 2.75) is 0 Å². The zero-order chi connectivity index (χ0) is 44.3. The molecule has 0 aliphatic heterocycles. The molecule has 0 saturated carbocycles. The van der Waals surface area contributed by atoms with E-state index in [-0.39, 0.29) is 0 Å². The molecule has 0 aliphatic rings. The van der Waals surface area contributed by atoms with E-state index in [0.717, 1.165) is 66.8 Å². The van der Waals surface area contributed by atoms with E-state index < -0.39 is 0 Å². The van der Waals surface area contributed by atoms with Crippen molar-refractivity contribution in [1.29, 1.82) is 0 Å². The van der Waals surface area contributed by atoms with Crippen molar-refractivity contribution in [3.63, 3.8) is 0 Å². The van der Waals surface area contributed by atoms with Crippen LogP contribution in [0.25, 0.3) is 109 Å². The Morgan fingerprint density at radius 3 is 1.54 bits per heavy atom. The van der Waals surface area contributed by atoms with Crippen molar-refractivity contribution in [2.24, 2.45) is 0 Å². The van der Waals surface area contributed by atoms with Gasteiger partial charge in [-0.3, -0.25) is 0 Å². The lowest BCUT2D eigenvalue weighted by molar-refractivity contribution is 0.670. The number of anilines is 3. The fourth-order valence-electron chi connectivity index (χ4n) is 9.94. The van der Waals surface area contributed by atoms with E-state index in [2.05, 4.69) is 254 Å². The minimum absolute atomic E-state index is 0.857. The summed E-state index contributed by atoms with van der Waals surface area (Å²) in [4.78, 5) is 2.46. The number of furan rings is 1. The summed E-state index contributed by atoms with van der Waals surface area (Å²) in [7, 11) is 0. The lowest BCUT2D eigenvalue weighted by Gasteiger charge is -2.28. The molecule has 11 aromatic carbocycles. The molecule has 0 bridgehead atoms. The summed E-state index contributed by atoms with van der Waals surface area (Å²) in [6.07, 6.45) is 0. The summed E-state index contributed by atoms with van der Waals surface area (Å²) in [6.45, 7) is 0. The third-order valence-electron chi connectivity index (χ3n) is 13.3. The predicted molar refractivity (Wildman–Crippen MR) is 286 cm³/mol. The van der Waals surface area contributed by atoms with Crippen molar-refractivity contribution in [1.82, 2.24) is 0 Å². The number of nitrogens with zero attached hydrogens (tertiary/aromatic N) is 1. The Kier molecular flexibility index (Phi) is 9.40. The van der Waals surface area contributed by atoms with E-state index >= 15 is 0 Å². The highest BCUT2D eigenvalue weighted by Gasteiger charge is 2.25. The van der Waals surface area contributed by atoms with E-state index in [0.29, 0.717) is 0 Å². The first-order valence-electron chi connectivity index (χ1n) is 22.8. The van der Waals surface area contributed by atoms with Crippen molar-refractivity contribution < 1.29 is 4.42 Å². The molecule has 0 amide bonds. The van der Waals surface area contributed by atoms with E-state index in [4.69, 9.17) is 4.42 Å². The highest BCUT2D eigenvalue weighted by atomic mass is 32.1. The van der Waals surface area contributed by atoms with Gasteiger partial charge in [0.2, 0.25) is 0 Å². The zero-order valence-corrected chi connectivity index (χ0v) is 37.3. The second-order valence-corrected chi connectivity index (χ2v) is 18.3. The highest BCUT2D eigenvalue weighted by Crippen LogP contribution is 2.50. The predicted octanol–water partition coefficient (Wildman–Crippen LogP) is 18.9. The topological polar surface area (TPSA) is 16.4 Å². The van der Waals surface area contributed by atoms with Crippen molar-refractivity contribution in [2.75, 3.05) is 4.90 Å². The maximum absolute atomic E-state index is 7.08. The Hall–Kier alpha value is -8.50. The number of hydrogen-bond donors (Lipinski definition) is 0. The van der Waals surface area contributed by atoms with Crippen LogP contribution in [-0.4, -0.2) is 0 Å². The van der Waals surface area contributed by atoms with E-state index in [1.54, 1.807) is 0 Å². The Morgan fingerprint density at radius 2 is 0.836 bits per heavy atom. The van der Waals surface area contributed by atoms with Gasteiger partial charge in [-0.1, -0.05) is 188 Å². The van der Waals surface area contributed by atoms with Crippen molar-refractivity contribution >= 4 is 81.3 Å². The first kappa shape index (κ1) is 38.9. The molecule has 0 atom stereocenters. The molecule has 0 saturated heterocycles. The monoisotopic (exact) mass is 871 g/mol. The fraction of sp³-hybridized carbons (Fsp3) is 0. The molecule has 0 spiro atoms. The number of hydrogen-bond acceptors (Lipinski definition) is 3. The van der Waals surface area contributed by atoms with Gasteiger partial charge in [-0.2, -0.15) is 0 Å². The van der Waals surface area contributed by atoms with Crippen LogP contribution in [0.1, 0.15) is 0 Å². The van der Waals surface area contributed by atoms with Gasteiger partial charge in [0, 0.05) is 36.8 Å². The molecular formula is C64H41NOS. The van der Waals surface area contributed by atoms with Crippen LogP contribution in [0.4, 0.5) is 17.1 Å². The van der Waals surface area contributed by atoms with Gasteiger partial charge >= 0.3 is 0 Å². The van der Waals surface area contributed by atoms with Crippen LogP contribution in [-0.2, 0) is 0 Å². The molecule has 3 heteroatoms. The van der Waals surface area contributed by atoms with Gasteiger partial charge in [-0.25, -0.2) is 0 Å². The molecule has 0 aliphatic carbocycles. The smallest absolute Gasteiger partial charge is 0.145 e. The van der Waals surface area contributed by atoms with Crippen LogP contribution in [0.5, 0.6) is 0 Å². The number of benzene rings is 11. The zero-order valence-electron chi connectivity index (χ0n) is 36.4. The van der Waals surface area contributed by atoms with Gasteiger partial charge in [0.05, 0.1) is 16.8 Å². The van der Waals surface area contributed by atoms with E-state index in [1.165, 1.54) is 58.8 Å². The summed E-state index contributed by atoms with van der Waals surface area (Å²) < 4.78 is 9.58. The summed E-state index contributed by atoms with van der Waals surface area (Å²) in [5.74, 6) is 0. The molecule has 67 heavy (non-hydrogen) atoms. The third kappa shape index (κ3) is 6.88. The minimum atomic E-state index is 0.857. The third-order valence-corrected chi connectivity index (χ3v) is 14.4. The molecule has 0 unspecified atom stereocenters. The molecule has 2 heterocycles. The second-order valence-electron chi connectivity index (χ2n) is 17.2. The van der Waals surface area contributed by atoms with E-state index in [9.17, 15) is 0 Å². The number of rotatable bonds is 8. The maximum atomic E-state index is 7.08. The fourth-order valence-corrected chi connectivity index (χ4v) is 11.1. The average Bonchev–Trinajstić information content (AvgIpc) is 3.98. The Morgan fingerprint density at radius 1 is 0.313 bits per heavy atom. The first-order chi connectivity index (χ1) is 33.2. The molecule has 2 aromatic heterocycles. The SMILES string of the molecule is c1ccc(-c2ccc3c(c2)oc2c(-c4ccccc4)ccc(N(c4ccc(-c5ccc(-c6ccc7ccccc7c6)cc5)cc4)c4cccc5sc6cc(-c7ccccc7)ccc6c45)c23)cc1. The maximum Gasteiger partial charge on any atom is 0.145 e. The summed E-state index contributed by atoms with van der Waals surface area (Å²) >= 11 is 1.85. The molecule has 0 fully saturated rings. The molecule has 2 nitrogen and oxygen atoms in total. The lowest BCUT2D eigenvalue weighted by atomic mass is 9.97. The molecule has 13 aromatic rings. The van der Waals surface area contributed by atoms with Gasteiger partial charge in [0.25, 0.3) is 0 Å². The van der Waals surface area contributed by atoms with Gasteiger partial charge in [-0.15, -0.1) is 11.3 Å². The summed E-state index contributed by atoms with van der Waals surface area (Å²) in [5.41, 5.74) is 16.6. The lowest BCUT2D eigenvalue weighted by Crippen LogP contribution is -2.11. The molecule has 314 valence electrons. The number of thiophene rings is 1. The largest absolute Gasteiger partial charge is 0.455 e. The van der Waals surface area contributed by atoms with E-state index in [1.807, 2.05) is 11.3 Å². The van der Waals surface area contributed by atoms with Crippen molar-refractivity contribution in [3.05, 3.63) is 249 Å². The number of fused-ring (bicyclic) bond motifs is 7. The second kappa shape index (κ2) is 16.2. The first-order valence-corrected chi connectivity index (χ1v) is 23.6. The van der Waals surface area contributed by atoms with Crippen LogP contribution in [0.15, 0.2) is 253 Å². The Bertz CT molecular complexity index is 3950. The quantitative estimate of drug-likeness (QED) is 0.151. The summed E-state index contributed by atoms with van der Waals surface area (Å²) in [6, 6.07) is 90.0. The summed E-state index contributed by atoms with van der Waals surface area (Å²) in [5, 5.41) is 7.13. The van der Waals surface area contributed by atoms with Crippen LogP contribution >= 0.6 is 11.3 Å². The van der Waals surface area contributed by atoms with Gasteiger partial charge in [0.1, 0.15) is 11.2 Å². The molecule has 0 N–H and O–H groups in total. The molecular weight excluding hydrogens is 831 g/mol. The molecule has 0 radical (unpaired) electrons. The Balaban J connectivity index is 0.997. The highest BCUT2D eigenvalue weighted by molar-refractivity contribution is 7.26. The van der Waals surface area contributed by atoms with Crippen LogP contribution in [0, 0.1) is 0 Å². The minimum Gasteiger partial charge on any atom is -0.455 e. The average molecular weight is 872 g/mol. The Labute approximate surface area is 392 Å². The van der Waals surface area contributed by atoms with Gasteiger partial charge < -0.3 is 9.32 Å². The standard InChI is InChI=1S/C64H41NOS/c1-4-13-42(14-5-1)51-31-35-55-59(40-51)66-64-54(48-18-8-3-9-19-48)37-38-58(63(55)64)65(57-21-12-22-60-62(57)56-36-32-52(41-61(56)67-60)43-15-6-2-7-16-43)53-33-29-46(30-34-53)45-23-25-47(26-24-45)50-28-27-44-17-10-11-20-49(44)39-50/h1-41H. The van der Waals surface area contributed by atoms with Crippen molar-refractivity contribution in [3.8, 4) is 55.6 Å². The van der Waals surface area contributed by atoms with Crippen LogP contribution in [0.3, 0.4) is 0 Å².